The molecule has 65 heavy (non-hydrogen) atoms. The average molecular weight is 893 g/mol. The molecule has 0 atom stereocenters. The summed E-state index contributed by atoms with van der Waals surface area (Å²) in [5.74, 6) is 0.0350. The van der Waals surface area contributed by atoms with Crippen LogP contribution in [0.1, 0.15) is 156 Å². The third-order valence-corrected chi connectivity index (χ3v) is 17.6. The number of phenolic OH excluding ortho intramolecular Hbond substituents is 2. The summed E-state index contributed by atoms with van der Waals surface area (Å²) >= 11 is 0. The predicted octanol–water partition coefficient (Wildman–Crippen LogP) is 14.9. The summed E-state index contributed by atoms with van der Waals surface area (Å²) in [5.41, 5.74) is 4.05. The minimum absolute atomic E-state index is 0.0494. The van der Waals surface area contributed by atoms with Gasteiger partial charge in [-0.25, -0.2) is 0 Å². The number of benzene rings is 5. The van der Waals surface area contributed by atoms with Crippen LogP contribution < -0.4 is 21.2 Å². The van der Waals surface area contributed by atoms with Gasteiger partial charge < -0.3 is 15.5 Å². The number of rotatable bonds is 33. The summed E-state index contributed by atoms with van der Waals surface area (Å²) in [6.07, 6.45) is 28.2. The summed E-state index contributed by atoms with van der Waals surface area (Å²) in [5, 5.41) is 31.3. The van der Waals surface area contributed by atoms with Crippen molar-refractivity contribution in [1.82, 2.24) is 5.32 Å². The van der Waals surface area contributed by atoms with Gasteiger partial charge in [0.25, 0.3) is 0 Å². The lowest BCUT2D eigenvalue weighted by Gasteiger charge is -2.27. The Morgan fingerprint density at radius 2 is 0.969 bits per heavy atom. The number of hydrogen-bond donors (Lipinski definition) is 3. The summed E-state index contributed by atoms with van der Waals surface area (Å²) in [7, 11) is -1.76. The van der Waals surface area contributed by atoms with Crippen molar-refractivity contribution in [1.29, 1.82) is 0 Å². The number of carbonyl (C=O) groups is 1. The molecule has 346 valence electrons. The average Bonchev–Trinajstić information content (AvgIpc) is 3.33. The molecule has 3 N–H and O–H groups in total. The van der Waals surface area contributed by atoms with Gasteiger partial charge in [0.05, 0.1) is 11.7 Å². The largest absolute Gasteiger partial charge is 0.507 e. The predicted molar refractivity (Wildman–Crippen MR) is 282 cm³/mol. The fraction of sp³-hybridized carbons (Fsp3) is 0.417. The molecule has 0 aliphatic carbocycles. The molecule has 4 nitrogen and oxygen atoms in total. The van der Waals surface area contributed by atoms with Crippen LogP contribution in [0.25, 0.3) is 11.1 Å². The Balaban J connectivity index is 1.09. The summed E-state index contributed by atoms with van der Waals surface area (Å²) in [6, 6.07) is 41.3. The zero-order chi connectivity index (χ0) is 46.0. The number of hydrogen-bond acceptors (Lipinski definition) is 4. The summed E-state index contributed by atoms with van der Waals surface area (Å²) in [6.45, 7) is 11.5. The van der Waals surface area contributed by atoms with Crippen molar-refractivity contribution in [2.24, 2.45) is 0 Å². The molecule has 5 heteroatoms. The van der Waals surface area contributed by atoms with Crippen LogP contribution in [-0.2, 0) is 19.4 Å². The number of allylic oxidation sites excluding steroid dienone is 2. The molecule has 0 aliphatic rings. The van der Waals surface area contributed by atoms with Crippen LogP contribution in [0.3, 0.4) is 0 Å². The molecule has 0 unspecified atom stereocenters. The van der Waals surface area contributed by atoms with Gasteiger partial charge in [0.1, 0.15) is 34.7 Å². The molecule has 0 spiro atoms. The topological polar surface area (TPSA) is 69.6 Å². The molecule has 0 aromatic heterocycles. The molecular weight excluding hydrogens is 814 g/mol. The number of nitrogens with one attached hydrogen (secondary N) is 1. The van der Waals surface area contributed by atoms with Gasteiger partial charge in [0.2, 0.25) is 0 Å². The third kappa shape index (κ3) is 15.7. The van der Waals surface area contributed by atoms with E-state index in [0.29, 0.717) is 42.5 Å². The summed E-state index contributed by atoms with van der Waals surface area (Å²) < 4.78 is 0. The van der Waals surface area contributed by atoms with E-state index in [4.69, 9.17) is 0 Å². The quantitative estimate of drug-likeness (QED) is 0.0170. The molecule has 0 radical (unpaired) electrons. The van der Waals surface area contributed by atoms with Crippen molar-refractivity contribution in [3.05, 3.63) is 163 Å². The van der Waals surface area contributed by atoms with Crippen LogP contribution in [0.15, 0.2) is 141 Å². The molecule has 0 aliphatic heterocycles. The van der Waals surface area contributed by atoms with Crippen molar-refractivity contribution in [2.45, 2.75) is 148 Å². The van der Waals surface area contributed by atoms with Gasteiger partial charge >= 0.3 is 0 Å². The van der Waals surface area contributed by atoms with Crippen molar-refractivity contribution in [2.75, 3.05) is 12.7 Å². The van der Waals surface area contributed by atoms with E-state index >= 15 is 0 Å². The van der Waals surface area contributed by atoms with E-state index in [0.717, 1.165) is 48.9 Å². The van der Waals surface area contributed by atoms with Crippen molar-refractivity contribution >= 4 is 29.0 Å². The van der Waals surface area contributed by atoms with Gasteiger partial charge in [0, 0.05) is 29.7 Å². The van der Waals surface area contributed by atoms with Crippen molar-refractivity contribution < 1.29 is 15.0 Å². The highest BCUT2D eigenvalue weighted by Gasteiger charge is 2.44. The lowest BCUT2D eigenvalue weighted by atomic mass is 9.90. The second-order valence-electron chi connectivity index (χ2n) is 18.1. The lowest BCUT2D eigenvalue weighted by Crippen LogP contribution is -2.33. The first kappa shape index (κ1) is 51.2. The molecule has 0 saturated heterocycles. The van der Waals surface area contributed by atoms with Gasteiger partial charge in [-0.2, -0.15) is 0 Å². The molecule has 0 bridgehead atoms. The first-order chi connectivity index (χ1) is 31.9. The second-order valence-corrected chi connectivity index (χ2v) is 21.7. The Bertz CT molecular complexity index is 2050. The molecule has 0 amide bonds. The normalized spacial score (nSPS) is 11.5. The molecule has 0 fully saturated rings. The van der Waals surface area contributed by atoms with Crippen LogP contribution in [0, 0.1) is 0 Å². The zero-order valence-corrected chi connectivity index (χ0v) is 40.7. The van der Waals surface area contributed by atoms with E-state index in [-0.39, 0.29) is 17.3 Å². The van der Waals surface area contributed by atoms with E-state index in [1.54, 1.807) is 0 Å². The zero-order valence-electron chi connectivity index (χ0n) is 39.8. The molecular formula is C60H79NO3P+. The molecule has 5 aromatic rings. The van der Waals surface area contributed by atoms with Crippen molar-refractivity contribution in [3.8, 4) is 22.6 Å². The number of carbonyl (C=O) groups excluding carboxylic acids is 1. The first-order valence-corrected chi connectivity index (χ1v) is 27.1. The highest BCUT2D eigenvalue weighted by Crippen LogP contribution is 2.56. The van der Waals surface area contributed by atoms with Crippen LogP contribution in [-0.4, -0.2) is 28.7 Å². The Hall–Kier alpha value is -4.76. The highest BCUT2D eigenvalue weighted by atomic mass is 31.2. The van der Waals surface area contributed by atoms with Crippen molar-refractivity contribution in [3.63, 3.8) is 0 Å². The Labute approximate surface area is 394 Å². The Kier molecular flexibility index (Phi) is 22.9. The minimum atomic E-state index is -1.76. The minimum Gasteiger partial charge on any atom is -0.507 e. The van der Waals surface area contributed by atoms with E-state index in [9.17, 15) is 15.0 Å². The standard InChI is InChI=1S/C60H78NO3P/c1-4-7-8-9-10-11-12-15-18-30-41-58(62)57-47-50(34-6-3)46-56(60(57)64)55-45-49(33-5-2)44-51(59(55)63)48-61-42-31-19-16-13-14-17-20-32-43-65(52-35-24-21-25-36-52,53-37-26-22-27-38-53)54-39-28-23-29-40-54/h5-6,21-29,35-40,44-47,61H,2-4,7-20,30-34,41-43,48H2,1H3,(H-,62,63,64)/p+1. The monoisotopic (exact) mass is 893 g/mol. The Morgan fingerprint density at radius 3 is 1.46 bits per heavy atom. The Morgan fingerprint density at radius 1 is 0.538 bits per heavy atom. The fourth-order valence-electron chi connectivity index (χ4n) is 9.45. The number of unbranched alkanes of at least 4 members (excludes halogenated alkanes) is 16. The van der Waals surface area contributed by atoms with E-state index in [1.807, 2.05) is 36.4 Å². The SMILES string of the molecule is C=CCc1cc(CNCCCCCCCCCC[P+](c2ccccc2)(c2ccccc2)c2ccccc2)c(O)c(-c2cc(CC=C)cc(C(=O)CCCCCCCCCCCC)c2O)c1. The maximum absolute atomic E-state index is 13.6. The van der Waals surface area contributed by atoms with E-state index in [1.165, 1.54) is 112 Å². The van der Waals surface area contributed by atoms with Crippen LogP contribution in [0.4, 0.5) is 0 Å². The number of aromatic hydroxyl groups is 2. The highest BCUT2D eigenvalue weighted by molar-refractivity contribution is 7.95. The van der Waals surface area contributed by atoms with Crippen LogP contribution in [0.5, 0.6) is 11.5 Å². The van der Waals surface area contributed by atoms with Gasteiger partial charge in [-0.05, 0) is 111 Å². The van der Waals surface area contributed by atoms with Gasteiger partial charge in [-0.3, -0.25) is 4.79 Å². The van der Waals surface area contributed by atoms with Gasteiger partial charge in [-0.15, -0.1) is 13.2 Å². The number of phenols is 2. The fourth-order valence-corrected chi connectivity index (χ4v) is 13.9. The number of ketones is 1. The van der Waals surface area contributed by atoms with E-state index in [2.05, 4.69) is 116 Å². The third-order valence-electron chi connectivity index (χ3n) is 13.0. The smallest absolute Gasteiger partial charge is 0.166 e. The summed E-state index contributed by atoms with van der Waals surface area (Å²) in [4.78, 5) is 13.6. The van der Waals surface area contributed by atoms with Gasteiger partial charge in [0.15, 0.2) is 5.78 Å². The maximum atomic E-state index is 13.6. The van der Waals surface area contributed by atoms with Gasteiger partial charge in [-0.1, -0.05) is 170 Å². The first-order valence-electron chi connectivity index (χ1n) is 25.1. The van der Waals surface area contributed by atoms with E-state index < -0.39 is 7.26 Å². The number of Topliss-reactive ketones (excluding diaryl/α,β-unsaturated/α-hetero) is 1. The van der Waals surface area contributed by atoms with Crippen LogP contribution in [0.2, 0.25) is 0 Å². The molecule has 5 aromatic carbocycles. The second kappa shape index (κ2) is 29.0. The lowest BCUT2D eigenvalue weighted by molar-refractivity contribution is 0.0976. The maximum Gasteiger partial charge on any atom is 0.166 e. The molecule has 5 rings (SSSR count). The molecule has 0 saturated carbocycles. The van der Waals surface area contributed by atoms with Crippen LogP contribution >= 0.6 is 7.26 Å². The molecule has 0 heterocycles.